The average Bonchev–Trinajstić information content (AvgIpc) is 3.48. The molecule has 1 aliphatic heterocycles. The van der Waals surface area contributed by atoms with Crippen LogP contribution in [0.5, 0.6) is 0 Å². The number of aromatic nitrogens is 1. The molecule has 0 fully saturated rings. The topological polar surface area (TPSA) is 33.2 Å². The highest BCUT2D eigenvalue weighted by atomic mass is 32.1. The highest BCUT2D eigenvalue weighted by Crippen LogP contribution is 2.39. The molecule has 1 aliphatic rings. The van der Waals surface area contributed by atoms with E-state index in [1.54, 1.807) is 28.9 Å². The van der Waals surface area contributed by atoms with Crippen molar-refractivity contribution in [3.63, 3.8) is 0 Å². The van der Waals surface area contributed by atoms with Crippen molar-refractivity contribution in [3.8, 4) is 9.88 Å². The van der Waals surface area contributed by atoms with E-state index in [9.17, 15) is 4.79 Å². The first-order chi connectivity index (χ1) is 13.3. The molecule has 4 heterocycles. The summed E-state index contributed by atoms with van der Waals surface area (Å²) in [6, 6.07) is 16.5. The Kier molecular flexibility index (Phi) is 4.39. The zero-order chi connectivity index (χ0) is 18.2. The summed E-state index contributed by atoms with van der Waals surface area (Å²) in [5.41, 5.74) is 2.42. The summed E-state index contributed by atoms with van der Waals surface area (Å²) < 4.78 is 0. The first kappa shape index (κ1) is 16.9. The van der Waals surface area contributed by atoms with Crippen LogP contribution in [0.1, 0.15) is 31.7 Å². The molecule has 0 bridgehead atoms. The van der Waals surface area contributed by atoms with Crippen LogP contribution in [-0.4, -0.2) is 22.3 Å². The summed E-state index contributed by atoms with van der Waals surface area (Å²) in [7, 11) is 0. The van der Waals surface area contributed by atoms with Crippen molar-refractivity contribution in [1.29, 1.82) is 0 Å². The minimum Gasteiger partial charge on any atom is -0.326 e. The van der Waals surface area contributed by atoms with Gasteiger partial charge in [0, 0.05) is 11.4 Å². The summed E-state index contributed by atoms with van der Waals surface area (Å²) in [6.07, 6.45) is 2.64. The molecule has 1 amide bonds. The van der Waals surface area contributed by atoms with Crippen LogP contribution in [0.4, 0.5) is 0 Å². The predicted octanol–water partition coefficient (Wildman–Crippen LogP) is 5.72. The number of amides is 1. The number of nitrogens with zero attached hydrogens (tertiary/aromatic N) is 2. The number of carbonyl (C=O) groups is 1. The van der Waals surface area contributed by atoms with Crippen LogP contribution in [0.15, 0.2) is 65.5 Å². The van der Waals surface area contributed by atoms with Gasteiger partial charge in [-0.1, -0.05) is 36.4 Å². The lowest BCUT2D eigenvalue weighted by atomic mass is 9.93. The highest BCUT2D eigenvalue weighted by Gasteiger charge is 2.34. The first-order valence-corrected chi connectivity index (χ1v) is 11.3. The van der Waals surface area contributed by atoms with Crippen LogP contribution in [0, 0.1) is 0 Å². The van der Waals surface area contributed by atoms with Gasteiger partial charge >= 0.3 is 0 Å². The molecule has 0 radical (unpaired) electrons. The van der Waals surface area contributed by atoms with Crippen molar-refractivity contribution in [2.45, 2.75) is 12.5 Å². The molecule has 1 unspecified atom stereocenters. The van der Waals surface area contributed by atoms with Gasteiger partial charge in [-0.2, -0.15) is 0 Å². The zero-order valence-electron chi connectivity index (χ0n) is 14.4. The molecule has 134 valence electrons. The standard InChI is InChI=1S/C21H16N2OS3/c24-21(18-13-22-20(27-18)17-7-4-11-25-17)23-10-8-16-15(9-12-26-16)19(23)14-5-2-1-3-6-14/h1-7,9,11-13,19H,8,10H2. The third-order valence-corrected chi connectivity index (χ3v) is 7.81. The van der Waals surface area contributed by atoms with E-state index < -0.39 is 0 Å². The van der Waals surface area contributed by atoms with E-state index in [2.05, 4.69) is 28.6 Å². The Balaban J connectivity index is 1.52. The van der Waals surface area contributed by atoms with Crippen LogP contribution >= 0.6 is 34.0 Å². The fraction of sp³-hybridized carbons (Fsp3) is 0.143. The summed E-state index contributed by atoms with van der Waals surface area (Å²) >= 11 is 4.92. The Morgan fingerprint density at radius 2 is 1.93 bits per heavy atom. The fourth-order valence-electron chi connectivity index (χ4n) is 3.56. The Labute approximate surface area is 169 Å². The number of thiazole rings is 1. The van der Waals surface area contributed by atoms with Crippen LogP contribution in [-0.2, 0) is 6.42 Å². The van der Waals surface area contributed by atoms with Crippen molar-refractivity contribution in [1.82, 2.24) is 9.88 Å². The van der Waals surface area contributed by atoms with E-state index in [0.29, 0.717) is 4.88 Å². The van der Waals surface area contributed by atoms with Gasteiger partial charge in [0.15, 0.2) is 0 Å². The minimum absolute atomic E-state index is 0.0269. The molecule has 0 saturated heterocycles. The lowest BCUT2D eigenvalue weighted by Gasteiger charge is -2.36. The predicted molar refractivity (Wildman–Crippen MR) is 113 cm³/mol. The van der Waals surface area contributed by atoms with Gasteiger partial charge in [-0.3, -0.25) is 4.79 Å². The first-order valence-electron chi connectivity index (χ1n) is 8.73. The number of thiophene rings is 2. The number of hydrogen-bond donors (Lipinski definition) is 0. The van der Waals surface area contributed by atoms with Gasteiger partial charge in [-0.05, 0) is 40.4 Å². The summed E-state index contributed by atoms with van der Waals surface area (Å²) in [4.78, 5) is 23.1. The Morgan fingerprint density at radius 1 is 1.04 bits per heavy atom. The Bertz CT molecular complexity index is 1070. The van der Waals surface area contributed by atoms with Gasteiger partial charge < -0.3 is 4.90 Å². The summed E-state index contributed by atoms with van der Waals surface area (Å²) in [5, 5.41) is 5.08. The third-order valence-electron chi connectivity index (χ3n) is 4.79. The molecule has 0 spiro atoms. The van der Waals surface area contributed by atoms with E-state index in [4.69, 9.17) is 0 Å². The monoisotopic (exact) mass is 408 g/mol. The molecule has 6 heteroatoms. The van der Waals surface area contributed by atoms with Crippen LogP contribution in [0.25, 0.3) is 9.88 Å². The van der Waals surface area contributed by atoms with Gasteiger partial charge in [0.05, 0.1) is 17.1 Å². The average molecular weight is 409 g/mol. The van der Waals surface area contributed by atoms with Gasteiger partial charge in [0.1, 0.15) is 9.88 Å². The maximum atomic E-state index is 13.4. The number of rotatable bonds is 3. The zero-order valence-corrected chi connectivity index (χ0v) is 16.8. The SMILES string of the molecule is O=C(c1cnc(-c2cccs2)s1)N1CCc2sccc2C1c1ccccc1. The van der Waals surface area contributed by atoms with Gasteiger partial charge in [-0.25, -0.2) is 4.98 Å². The number of hydrogen-bond acceptors (Lipinski definition) is 5. The molecule has 1 atom stereocenters. The molecule has 5 rings (SSSR count). The summed E-state index contributed by atoms with van der Waals surface area (Å²) in [6.45, 7) is 0.734. The Hall–Kier alpha value is -2.28. The molecule has 1 aromatic carbocycles. The highest BCUT2D eigenvalue weighted by molar-refractivity contribution is 7.22. The molecular formula is C21H16N2OS3. The molecule has 4 aromatic rings. The van der Waals surface area contributed by atoms with Crippen molar-refractivity contribution in [2.75, 3.05) is 6.54 Å². The lowest BCUT2D eigenvalue weighted by molar-refractivity contribution is 0.0701. The quantitative estimate of drug-likeness (QED) is 0.434. The maximum Gasteiger partial charge on any atom is 0.266 e. The van der Waals surface area contributed by atoms with Crippen molar-refractivity contribution in [2.24, 2.45) is 0 Å². The summed E-state index contributed by atoms with van der Waals surface area (Å²) in [5.74, 6) is 0.0704. The number of carbonyl (C=O) groups excluding carboxylic acids is 1. The van der Waals surface area contributed by atoms with Crippen molar-refractivity contribution >= 4 is 39.9 Å². The molecular weight excluding hydrogens is 392 g/mol. The van der Waals surface area contributed by atoms with Gasteiger partial charge in [0.2, 0.25) is 0 Å². The lowest BCUT2D eigenvalue weighted by Crippen LogP contribution is -2.39. The molecule has 27 heavy (non-hydrogen) atoms. The molecule has 0 N–H and O–H groups in total. The second-order valence-corrected chi connectivity index (χ2v) is 9.35. The van der Waals surface area contributed by atoms with E-state index in [1.807, 2.05) is 40.6 Å². The largest absolute Gasteiger partial charge is 0.326 e. The van der Waals surface area contributed by atoms with Crippen LogP contribution < -0.4 is 0 Å². The van der Waals surface area contributed by atoms with Crippen molar-refractivity contribution in [3.05, 3.63) is 86.4 Å². The van der Waals surface area contributed by atoms with E-state index in [-0.39, 0.29) is 11.9 Å². The van der Waals surface area contributed by atoms with Crippen molar-refractivity contribution < 1.29 is 4.79 Å². The van der Waals surface area contributed by atoms with Gasteiger partial charge in [0.25, 0.3) is 5.91 Å². The van der Waals surface area contributed by atoms with Crippen LogP contribution in [0.2, 0.25) is 0 Å². The normalized spacial score (nSPS) is 16.3. The van der Waals surface area contributed by atoms with E-state index in [1.165, 1.54) is 21.8 Å². The second kappa shape index (κ2) is 7.03. The third kappa shape index (κ3) is 3.04. The molecule has 0 saturated carbocycles. The Morgan fingerprint density at radius 3 is 2.74 bits per heavy atom. The maximum absolute atomic E-state index is 13.4. The van der Waals surface area contributed by atoms with Gasteiger partial charge in [-0.15, -0.1) is 34.0 Å². The fourth-order valence-corrected chi connectivity index (χ4v) is 6.14. The molecule has 0 aliphatic carbocycles. The number of fused-ring (bicyclic) bond motifs is 1. The smallest absolute Gasteiger partial charge is 0.266 e. The number of benzene rings is 1. The van der Waals surface area contributed by atoms with Crippen LogP contribution in [0.3, 0.4) is 0 Å². The molecule has 3 nitrogen and oxygen atoms in total. The van der Waals surface area contributed by atoms with E-state index in [0.717, 1.165) is 28.4 Å². The minimum atomic E-state index is -0.0269. The molecule has 3 aromatic heterocycles. The second-order valence-electron chi connectivity index (χ2n) is 6.37. The van der Waals surface area contributed by atoms with E-state index >= 15 is 0 Å².